The summed E-state index contributed by atoms with van der Waals surface area (Å²) in [7, 11) is 0. The zero-order valence-corrected chi connectivity index (χ0v) is 11.7. The molecule has 2 amide bonds. The number of amides is 2. The van der Waals surface area contributed by atoms with Crippen LogP contribution in [0.4, 0.5) is 4.79 Å². The summed E-state index contributed by atoms with van der Waals surface area (Å²) in [5, 5.41) is 3.46. The standard InChI is InChI=1S/C13H27N3O/c1-5-15(6-2)13(17)16(11(3)4)10-12-8-7-9-14-12/h11-12,14H,5-10H2,1-4H3. The molecular weight excluding hydrogens is 214 g/mol. The first-order chi connectivity index (χ1) is 8.10. The minimum Gasteiger partial charge on any atom is -0.325 e. The molecule has 1 unspecified atom stereocenters. The number of hydrogen-bond acceptors (Lipinski definition) is 2. The van der Waals surface area contributed by atoms with Gasteiger partial charge in [-0.15, -0.1) is 0 Å². The van der Waals surface area contributed by atoms with Gasteiger partial charge >= 0.3 is 6.03 Å². The molecule has 100 valence electrons. The number of rotatable bonds is 5. The van der Waals surface area contributed by atoms with Crippen LogP contribution in [0.2, 0.25) is 0 Å². The summed E-state index contributed by atoms with van der Waals surface area (Å²) in [5.41, 5.74) is 0. The molecule has 0 bridgehead atoms. The third kappa shape index (κ3) is 3.87. The van der Waals surface area contributed by atoms with Crippen molar-refractivity contribution in [3.63, 3.8) is 0 Å². The first kappa shape index (κ1) is 14.3. The topological polar surface area (TPSA) is 35.6 Å². The molecule has 1 fully saturated rings. The maximum atomic E-state index is 12.4. The van der Waals surface area contributed by atoms with Crippen LogP contribution in [-0.2, 0) is 0 Å². The van der Waals surface area contributed by atoms with E-state index in [0.29, 0.717) is 6.04 Å². The third-order valence-corrected chi connectivity index (χ3v) is 3.48. The number of nitrogens with zero attached hydrogens (tertiary/aromatic N) is 2. The van der Waals surface area contributed by atoms with Crippen LogP contribution in [-0.4, -0.2) is 54.1 Å². The molecule has 1 aliphatic heterocycles. The average Bonchev–Trinajstić information content (AvgIpc) is 2.79. The van der Waals surface area contributed by atoms with Crippen LogP contribution in [0.15, 0.2) is 0 Å². The summed E-state index contributed by atoms with van der Waals surface area (Å²) in [4.78, 5) is 16.3. The van der Waals surface area contributed by atoms with Crippen LogP contribution >= 0.6 is 0 Å². The van der Waals surface area contributed by atoms with Gasteiger partial charge in [-0.25, -0.2) is 4.79 Å². The van der Waals surface area contributed by atoms with Crippen molar-refractivity contribution < 1.29 is 4.79 Å². The summed E-state index contributed by atoms with van der Waals surface area (Å²) in [6.45, 7) is 11.8. The number of urea groups is 1. The summed E-state index contributed by atoms with van der Waals surface area (Å²) >= 11 is 0. The third-order valence-electron chi connectivity index (χ3n) is 3.48. The first-order valence-electron chi connectivity index (χ1n) is 6.89. The zero-order chi connectivity index (χ0) is 12.8. The van der Waals surface area contributed by atoms with E-state index in [9.17, 15) is 4.79 Å². The Hall–Kier alpha value is -0.770. The second-order valence-corrected chi connectivity index (χ2v) is 4.99. The van der Waals surface area contributed by atoms with Crippen LogP contribution in [0.25, 0.3) is 0 Å². The lowest BCUT2D eigenvalue weighted by Gasteiger charge is -2.34. The monoisotopic (exact) mass is 241 g/mol. The van der Waals surface area contributed by atoms with E-state index >= 15 is 0 Å². The molecule has 1 heterocycles. The van der Waals surface area contributed by atoms with Crippen molar-refractivity contribution in [2.75, 3.05) is 26.2 Å². The van der Waals surface area contributed by atoms with Crippen LogP contribution in [0.1, 0.15) is 40.5 Å². The molecule has 4 nitrogen and oxygen atoms in total. The van der Waals surface area contributed by atoms with Crippen LogP contribution < -0.4 is 5.32 Å². The van der Waals surface area contributed by atoms with E-state index < -0.39 is 0 Å². The normalized spacial score (nSPS) is 19.7. The lowest BCUT2D eigenvalue weighted by atomic mass is 10.2. The van der Waals surface area contributed by atoms with Gasteiger partial charge in [0, 0.05) is 31.7 Å². The Kier molecular flexibility index (Phi) is 5.75. The maximum Gasteiger partial charge on any atom is 0.320 e. The van der Waals surface area contributed by atoms with Gasteiger partial charge in [0.25, 0.3) is 0 Å². The minimum absolute atomic E-state index is 0.179. The van der Waals surface area contributed by atoms with Gasteiger partial charge < -0.3 is 15.1 Å². The molecular formula is C13H27N3O. The van der Waals surface area contributed by atoms with Crippen molar-refractivity contribution in [1.82, 2.24) is 15.1 Å². The van der Waals surface area contributed by atoms with E-state index in [1.54, 1.807) is 0 Å². The van der Waals surface area contributed by atoms with Gasteiger partial charge in [0.1, 0.15) is 0 Å². The van der Waals surface area contributed by atoms with E-state index in [0.717, 1.165) is 26.2 Å². The Bertz CT molecular complexity index is 233. The molecule has 0 aliphatic carbocycles. The quantitative estimate of drug-likeness (QED) is 0.798. The van der Waals surface area contributed by atoms with E-state index in [-0.39, 0.29) is 12.1 Å². The number of nitrogens with one attached hydrogen (secondary N) is 1. The van der Waals surface area contributed by atoms with Gasteiger partial charge in [-0.2, -0.15) is 0 Å². The van der Waals surface area contributed by atoms with Crippen molar-refractivity contribution in [2.45, 2.75) is 52.6 Å². The van der Waals surface area contributed by atoms with Gasteiger partial charge in [0.2, 0.25) is 0 Å². The molecule has 1 N–H and O–H groups in total. The molecule has 1 saturated heterocycles. The van der Waals surface area contributed by atoms with Gasteiger partial charge in [-0.3, -0.25) is 0 Å². The number of carbonyl (C=O) groups excluding carboxylic acids is 1. The minimum atomic E-state index is 0.179. The smallest absolute Gasteiger partial charge is 0.320 e. The van der Waals surface area contributed by atoms with E-state index in [2.05, 4.69) is 19.2 Å². The van der Waals surface area contributed by atoms with Gasteiger partial charge in [0.15, 0.2) is 0 Å². The largest absolute Gasteiger partial charge is 0.325 e. The Morgan fingerprint density at radius 1 is 1.35 bits per heavy atom. The zero-order valence-electron chi connectivity index (χ0n) is 11.7. The summed E-state index contributed by atoms with van der Waals surface area (Å²) in [6.07, 6.45) is 2.42. The fraction of sp³-hybridized carbons (Fsp3) is 0.923. The average molecular weight is 241 g/mol. The Morgan fingerprint density at radius 2 is 2.00 bits per heavy atom. The number of hydrogen-bond donors (Lipinski definition) is 1. The van der Waals surface area contributed by atoms with Crippen molar-refractivity contribution in [1.29, 1.82) is 0 Å². The Morgan fingerprint density at radius 3 is 2.41 bits per heavy atom. The molecule has 17 heavy (non-hydrogen) atoms. The van der Waals surface area contributed by atoms with E-state index in [4.69, 9.17) is 0 Å². The second-order valence-electron chi connectivity index (χ2n) is 4.99. The molecule has 1 atom stereocenters. The van der Waals surface area contributed by atoms with Crippen molar-refractivity contribution in [2.24, 2.45) is 0 Å². The molecule has 0 radical (unpaired) electrons. The molecule has 0 saturated carbocycles. The summed E-state index contributed by atoms with van der Waals surface area (Å²) in [5.74, 6) is 0. The highest BCUT2D eigenvalue weighted by Gasteiger charge is 2.25. The molecule has 0 spiro atoms. The molecule has 0 aromatic rings. The molecule has 1 rings (SSSR count). The molecule has 0 aromatic heterocycles. The predicted octanol–water partition coefficient (Wildman–Crippen LogP) is 1.91. The van der Waals surface area contributed by atoms with Crippen LogP contribution in [0.5, 0.6) is 0 Å². The SMILES string of the molecule is CCN(CC)C(=O)N(CC1CCCN1)C(C)C. The van der Waals surface area contributed by atoms with E-state index in [1.807, 2.05) is 23.6 Å². The Labute approximate surface area is 105 Å². The van der Waals surface area contributed by atoms with E-state index in [1.165, 1.54) is 12.8 Å². The fourth-order valence-electron chi connectivity index (χ4n) is 2.34. The molecule has 0 aromatic carbocycles. The Balaban J connectivity index is 2.60. The van der Waals surface area contributed by atoms with Crippen molar-refractivity contribution >= 4 is 6.03 Å². The fourth-order valence-corrected chi connectivity index (χ4v) is 2.34. The summed E-state index contributed by atoms with van der Waals surface area (Å²) < 4.78 is 0. The van der Waals surface area contributed by atoms with Gasteiger partial charge in [0.05, 0.1) is 0 Å². The molecule has 1 aliphatic rings. The number of carbonyl (C=O) groups is 1. The lowest BCUT2D eigenvalue weighted by Crippen LogP contribution is -2.50. The predicted molar refractivity (Wildman–Crippen MR) is 71.2 cm³/mol. The maximum absolute atomic E-state index is 12.4. The highest BCUT2D eigenvalue weighted by atomic mass is 16.2. The summed E-state index contributed by atoms with van der Waals surface area (Å²) in [6, 6.07) is 0.932. The first-order valence-corrected chi connectivity index (χ1v) is 6.89. The van der Waals surface area contributed by atoms with Crippen LogP contribution in [0.3, 0.4) is 0 Å². The second kappa shape index (κ2) is 6.84. The lowest BCUT2D eigenvalue weighted by molar-refractivity contribution is 0.139. The highest BCUT2D eigenvalue weighted by molar-refractivity contribution is 5.74. The highest BCUT2D eigenvalue weighted by Crippen LogP contribution is 2.11. The van der Waals surface area contributed by atoms with Crippen molar-refractivity contribution in [3.8, 4) is 0 Å². The van der Waals surface area contributed by atoms with Gasteiger partial charge in [-0.1, -0.05) is 0 Å². The molecule has 4 heteroatoms. The van der Waals surface area contributed by atoms with Gasteiger partial charge in [-0.05, 0) is 47.1 Å². The van der Waals surface area contributed by atoms with Crippen molar-refractivity contribution in [3.05, 3.63) is 0 Å². The van der Waals surface area contributed by atoms with Crippen LogP contribution in [0, 0.1) is 0 Å².